The van der Waals surface area contributed by atoms with Gasteiger partial charge >= 0.3 is 0 Å². The Morgan fingerprint density at radius 1 is 1.33 bits per heavy atom. The van der Waals surface area contributed by atoms with Crippen LogP contribution in [0.15, 0.2) is 53.5 Å². The molecule has 1 aromatic heterocycles. The van der Waals surface area contributed by atoms with Crippen LogP contribution >= 0.6 is 0 Å². The molecule has 1 aliphatic rings. The topological polar surface area (TPSA) is 83.4 Å². The van der Waals surface area contributed by atoms with Crippen LogP contribution < -0.4 is 16.2 Å². The van der Waals surface area contributed by atoms with Crippen molar-refractivity contribution in [2.45, 2.75) is 18.1 Å². The molecule has 6 heteroatoms. The number of β-amino-alcohol motifs (C(OH)–C–C–N with tert-alkyl or cyclic N) is 1. The average Bonchev–Trinajstić information content (AvgIpc) is 2.60. The number of nitrogens with one attached hydrogen (secondary N) is 2. The molecule has 3 rings (SSSR count). The lowest BCUT2D eigenvalue weighted by atomic mass is 9.79. The molecule has 1 saturated heterocycles. The zero-order valence-corrected chi connectivity index (χ0v) is 13.5. The highest BCUT2D eigenvalue weighted by molar-refractivity contribution is 5.94. The second kappa shape index (κ2) is 6.59. The lowest BCUT2D eigenvalue weighted by molar-refractivity contribution is 0.0289. The highest BCUT2D eigenvalue weighted by atomic mass is 16.3. The normalized spacial score (nSPS) is 23.7. The van der Waals surface area contributed by atoms with Gasteiger partial charge in [0.15, 0.2) is 0 Å². The van der Waals surface area contributed by atoms with Crippen molar-refractivity contribution < 1.29 is 9.90 Å². The number of piperidine rings is 1. The summed E-state index contributed by atoms with van der Waals surface area (Å²) >= 11 is 0. The van der Waals surface area contributed by atoms with Gasteiger partial charge in [-0.1, -0.05) is 30.3 Å². The van der Waals surface area contributed by atoms with Crippen LogP contribution in [0, 0.1) is 0 Å². The molecule has 3 N–H and O–H groups in total. The van der Waals surface area contributed by atoms with Crippen LogP contribution in [0.5, 0.6) is 0 Å². The van der Waals surface area contributed by atoms with Gasteiger partial charge in [0, 0.05) is 31.4 Å². The third-order valence-electron chi connectivity index (χ3n) is 4.59. The van der Waals surface area contributed by atoms with Gasteiger partial charge in [-0.2, -0.15) is 0 Å². The summed E-state index contributed by atoms with van der Waals surface area (Å²) < 4.78 is 1.41. The third-order valence-corrected chi connectivity index (χ3v) is 4.59. The first-order valence-electron chi connectivity index (χ1n) is 7.96. The van der Waals surface area contributed by atoms with Crippen LogP contribution in [0.25, 0.3) is 0 Å². The Bertz CT molecular complexity index is 788. The van der Waals surface area contributed by atoms with Crippen molar-refractivity contribution in [1.82, 2.24) is 15.2 Å². The van der Waals surface area contributed by atoms with Crippen LogP contribution in [-0.4, -0.2) is 34.8 Å². The highest BCUT2D eigenvalue weighted by Gasteiger charge is 2.42. The first-order valence-corrected chi connectivity index (χ1v) is 7.96. The fourth-order valence-corrected chi connectivity index (χ4v) is 3.12. The quantitative estimate of drug-likeness (QED) is 0.760. The molecule has 0 spiro atoms. The molecule has 126 valence electrons. The zero-order valence-electron chi connectivity index (χ0n) is 13.5. The largest absolute Gasteiger partial charge is 0.389 e. The zero-order chi connectivity index (χ0) is 17.2. The van der Waals surface area contributed by atoms with Crippen LogP contribution in [0.1, 0.15) is 22.3 Å². The highest BCUT2D eigenvalue weighted by Crippen LogP contribution is 2.31. The van der Waals surface area contributed by atoms with Gasteiger partial charge < -0.3 is 20.3 Å². The fourth-order valence-electron chi connectivity index (χ4n) is 3.12. The Balaban J connectivity index is 1.96. The molecule has 1 amide bonds. The molecule has 0 aliphatic carbocycles. The Labute approximate surface area is 140 Å². The van der Waals surface area contributed by atoms with Crippen molar-refractivity contribution in [3.8, 4) is 0 Å². The molecule has 0 saturated carbocycles. The number of aryl methyl sites for hydroxylation is 1. The molecule has 2 heterocycles. The summed E-state index contributed by atoms with van der Waals surface area (Å²) in [6.45, 7) is 1.08. The number of pyridine rings is 1. The third kappa shape index (κ3) is 2.98. The summed E-state index contributed by atoms with van der Waals surface area (Å²) in [7, 11) is 1.63. The van der Waals surface area contributed by atoms with Crippen LogP contribution in [0.4, 0.5) is 0 Å². The maximum atomic E-state index is 12.7. The lowest BCUT2D eigenvalue weighted by Crippen LogP contribution is -2.61. The number of rotatable bonds is 3. The van der Waals surface area contributed by atoms with Crippen molar-refractivity contribution in [2.24, 2.45) is 7.05 Å². The Morgan fingerprint density at radius 3 is 2.75 bits per heavy atom. The van der Waals surface area contributed by atoms with Gasteiger partial charge in [0.1, 0.15) is 0 Å². The van der Waals surface area contributed by atoms with Gasteiger partial charge in [0.25, 0.3) is 11.5 Å². The van der Waals surface area contributed by atoms with Crippen molar-refractivity contribution in [3.05, 3.63) is 70.1 Å². The van der Waals surface area contributed by atoms with E-state index in [1.807, 2.05) is 30.3 Å². The summed E-state index contributed by atoms with van der Waals surface area (Å²) in [5, 5.41) is 16.7. The average molecular weight is 327 g/mol. The number of hydrogen-bond acceptors (Lipinski definition) is 4. The maximum absolute atomic E-state index is 12.7. The molecular formula is C18H21N3O3. The summed E-state index contributed by atoms with van der Waals surface area (Å²) in [4.78, 5) is 24.5. The Morgan fingerprint density at radius 2 is 2.08 bits per heavy atom. The predicted octanol–water partition coefficient (Wildman–Crippen LogP) is 0.365. The van der Waals surface area contributed by atoms with E-state index >= 15 is 0 Å². The lowest BCUT2D eigenvalue weighted by Gasteiger charge is -2.43. The summed E-state index contributed by atoms with van der Waals surface area (Å²) in [5.41, 5.74) is 0.0302. The minimum atomic E-state index is -0.870. The van der Waals surface area contributed by atoms with Crippen molar-refractivity contribution in [2.75, 3.05) is 13.1 Å². The van der Waals surface area contributed by atoms with E-state index in [2.05, 4.69) is 10.6 Å². The Hall–Kier alpha value is -2.44. The maximum Gasteiger partial charge on any atom is 0.252 e. The van der Waals surface area contributed by atoms with Gasteiger partial charge in [0.05, 0.1) is 11.6 Å². The van der Waals surface area contributed by atoms with Crippen molar-refractivity contribution in [3.63, 3.8) is 0 Å². The second-order valence-electron chi connectivity index (χ2n) is 6.13. The number of carbonyl (C=O) groups excluding carboxylic acids is 1. The summed E-state index contributed by atoms with van der Waals surface area (Å²) in [6.07, 6.45) is 1.37. The summed E-state index contributed by atoms with van der Waals surface area (Å²) in [5.74, 6) is -0.363. The SMILES string of the molecule is Cn1ccc(C(=O)N[C@@]2(c3ccccc3)CCNC[C@H]2O)cc1=O. The molecule has 1 fully saturated rings. The number of aliphatic hydroxyl groups excluding tert-OH is 1. The van der Waals surface area contributed by atoms with E-state index in [4.69, 9.17) is 0 Å². The van der Waals surface area contributed by atoms with Crippen LogP contribution in [-0.2, 0) is 12.6 Å². The van der Waals surface area contributed by atoms with Crippen LogP contribution in [0.3, 0.4) is 0 Å². The summed E-state index contributed by atoms with van der Waals surface area (Å²) in [6, 6.07) is 12.4. The van der Waals surface area contributed by atoms with E-state index in [1.54, 1.807) is 19.3 Å². The van der Waals surface area contributed by atoms with Gasteiger partial charge in [-0.05, 0) is 24.6 Å². The smallest absolute Gasteiger partial charge is 0.252 e. The van der Waals surface area contributed by atoms with Gasteiger partial charge in [0.2, 0.25) is 0 Å². The van der Waals surface area contributed by atoms with E-state index in [0.29, 0.717) is 25.1 Å². The molecule has 2 aromatic rings. The monoisotopic (exact) mass is 327 g/mol. The number of amides is 1. The number of carbonyl (C=O) groups is 1. The van der Waals surface area contributed by atoms with E-state index in [0.717, 1.165) is 5.56 Å². The molecule has 1 aliphatic heterocycles. The number of benzene rings is 1. The minimum absolute atomic E-state index is 0.248. The molecule has 0 radical (unpaired) electrons. The van der Waals surface area contributed by atoms with Crippen LogP contribution in [0.2, 0.25) is 0 Å². The van der Waals surface area contributed by atoms with E-state index in [-0.39, 0.29) is 11.5 Å². The number of hydrogen-bond donors (Lipinski definition) is 3. The molecule has 24 heavy (non-hydrogen) atoms. The number of aromatic nitrogens is 1. The van der Waals surface area contributed by atoms with Crippen molar-refractivity contribution >= 4 is 5.91 Å². The first-order chi connectivity index (χ1) is 11.5. The van der Waals surface area contributed by atoms with E-state index in [9.17, 15) is 14.7 Å². The molecular weight excluding hydrogens is 306 g/mol. The van der Waals surface area contributed by atoms with Gasteiger partial charge in [-0.25, -0.2) is 0 Å². The predicted molar refractivity (Wildman–Crippen MR) is 90.8 cm³/mol. The molecule has 2 atom stereocenters. The van der Waals surface area contributed by atoms with Crippen molar-refractivity contribution in [1.29, 1.82) is 0 Å². The Kier molecular flexibility index (Phi) is 4.51. The fraction of sp³-hybridized carbons (Fsp3) is 0.333. The first kappa shape index (κ1) is 16.4. The number of nitrogens with zero attached hydrogens (tertiary/aromatic N) is 1. The standard InChI is InChI=1S/C18H21N3O3/c1-21-10-7-13(11-16(21)23)17(24)20-18(8-9-19-12-15(18)22)14-5-3-2-4-6-14/h2-7,10-11,15,19,22H,8-9,12H2,1H3,(H,20,24)/t15-,18-/m1/s1. The molecule has 0 bridgehead atoms. The van der Waals surface area contributed by atoms with Gasteiger partial charge in [-0.15, -0.1) is 0 Å². The molecule has 6 nitrogen and oxygen atoms in total. The second-order valence-corrected chi connectivity index (χ2v) is 6.13. The van der Waals surface area contributed by atoms with E-state index < -0.39 is 11.6 Å². The molecule has 0 unspecified atom stereocenters. The van der Waals surface area contributed by atoms with E-state index in [1.165, 1.54) is 10.6 Å². The minimum Gasteiger partial charge on any atom is -0.389 e. The number of aliphatic hydroxyl groups is 1. The molecule has 1 aromatic carbocycles. The van der Waals surface area contributed by atoms with Gasteiger partial charge in [-0.3, -0.25) is 9.59 Å².